The van der Waals surface area contributed by atoms with Crippen LogP contribution in [0.15, 0.2) is 36.4 Å². The second-order valence-electron chi connectivity index (χ2n) is 7.24. The molecule has 2 rings (SSSR count). The number of anilines is 1. The van der Waals surface area contributed by atoms with Crippen LogP contribution in [0.4, 0.5) is 14.5 Å². The maximum absolute atomic E-state index is 13.3. The number of carbonyl (C=O) groups is 3. The van der Waals surface area contributed by atoms with E-state index in [1.165, 1.54) is 4.90 Å². The Morgan fingerprint density at radius 3 is 2.67 bits per heavy atom. The summed E-state index contributed by atoms with van der Waals surface area (Å²) in [5.41, 5.74) is 2.35. The van der Waals surface area contributed by atoms with E-state index in [0.717, 1.165) is 16.9 Å². The number of carbonyl (C=O) groups excluding carboxylic acids is 3. The Morgan fingerprint density at radius 2 is 2.07 bits per heavy atom. The van der Waals surface area contributed by atoms with Gasteiger partial charge in [-0.05, 0) is 42.7 Å². The number of nitrogens with one attached hydrogen (secondary N) is 1. The van der Waals surface area contributed by atoms with Gasteiger partial charge >= 0.3 is 0 Å². The molecule has 6 nitrogen and oxygen atoms in total. The molecule has 0 aromatic heterocycles. The van der Waals surface area contributed by atoms with Gasteiger partial charge in [0.15, 0.2) is 0 Å². The molecule has 0 radical (unpaired) electrons. The molecular formula is C22H27F2N3O3. The molecule has 1 aliphatic rings. The number of rotatable bonds is 8. The molecular weight excluding hydrogens is 392 g/mol. The molecule has 1 N–H and O–H groups in total. The van der Waals surface area contributed by atoms with E-state index in [9.17, 15) is 23.2 Å². The monoisotopic (exact) mass is 419 g/mol. The van der Waals surface area contributed by atoms with Gasteiger partial charge in [0.1, 0.15) is 0 Å². The van der Waals surface area contributed by atoms with Crippen LogP contribution in [-0.4, -0.2) is 55.7 Å². The number of amides is 3. The summed E-state index contributed by atoms with van der Waals surface area (Å²) >= 11 is 0. The van der Waals surface area contributed by atoms with Crippen molar-refractivity contribution in [3.63, 3.8) is 0 Å². The summed E-state index contributed by atoms with van der Waals surface area (Å²) in [5.74, 6) is -3.92. The largest absolute Gasteiger partial charge is 0.343 e. The molecule has 1 aromatic rings. The van der Waals surface area contributed by atoms with Gasteiger partial charge in [-0.1, -0.05) is 25.1 Å². The highest BCUT2D eigenvalue weighted by molar-refractivity contribution is 6.21. The fraction of sp³-hybridized carbons (Fsp3) is 0.409. The maximum Gasteiger partial charge on any atom is 0.267 e. The molecule has 3 amide bonds. The molecule has 8 heteroatoms. The molecule has 0 aliphatic carbocycles. The van der Waals surface area contributed by atoms with Gasteiger partial charge in [0.05, 0.1) is 13.1 Å². The third kappa shape index (κ3) is 5.98. The van der Waals surface area contributed by atoms with Gasteiger partial charge in [-0.2, -0.15) is 0 Å². The smallest absolute Gasteiger partial charge is 0.267 e. The van der Waals surface area contributed by atoms with Gasteiger partial charge in [-0.3, -0.25) is 14.4 Å². The van der Waals surface area contributed by atoms with Crippen LogP contribution in [0.1, 0.15) is 30.9 Å². The Morgan fingerprint density at radius 1 is 1.33 bits per heavy atom. The van der Waals surface area contributed by atoms with E-state index in [0.29, 0.717) is 23.2 Å². The van der Waals surface area contributed by atoms with E-state index in [1.807, 2.05) is 19.9 Å². The molecule has 1 aliphatic heterocycles. The van der Waals surface area contributed by atoms with Crippen molar-refractivity contribution in [2.24, 2.45) is 0 Å². The lowest BCUT2D eigenvalue weighted by atomic mass is 9.98. The van der Waals surface area contributed by atoms with Crippen LogP contribution in [0.25, 0.3) is 5.57 Å². The van der Waals surface area contributed by atoms with Crippen LogP contribution in [0.2, 0.25) is 0 Å². The highest BCUT2D eigenvalue weighted by Gasteiger charge is 2.40. The molecule has 1 heterocycles. The Kier molecular flexibility index (Phi) is 7.86. The van der Waals surface area contributed by atoms with Crippen LogP contribution in [0.3, 0.4) is 0 Å². The average molecular weight is 419 g/mol. The maximum atomic E-state index is 13.3. The van der Waals surface area contributed by atoms with E-state index in [4.69, 9.17) is 0 Å². The van der Waals surface area contributed by atoms with E-state index in [1.54, 1.807) is 37.4 Å². The van der Waals surface area contributed by atoms with Crippen molar-refractivity contribution < 1.29 is 23.2 Å². The lowest BCUT2D eigenvalue weighted by molar-refractivity contribution is -0.132. The second-order valence-corrected chi connectivity index (χ2v) is 7.24. The van der Waals surface area contributed by atoms with Crippen LogP contribution in [-0.2, 0) is 14.4 Å². The average Bonchev–Trinajstić information content (AvgIpc) is 3.09. The third-order valence-electron chi connectivity index (χ3n) is 4.88. The number of halogens is 2. The van der Waals surface area contributed by atoms with Crippen LogP contribution in [0.5, 0.6) is 0 Å². The summed E-state index contributed by atoms with van der Waals surface area (Å²) in [7, 11) is 1.60. The number of aryl methyl sites for hydroxylation is 1. The van der Waals surface area contributed by atoms with Crippen molar-refractivity contribution in [1.82, 2.24) is 10.2 Å². The summed E-state index contributed by atoms with van der Waals surface area (Å²) in [6, 6.07) is 5.28. The first kappa shape index (κ1) is 23.3. The van der Waals surface area contributed by atoms with Gasteiger partial charge in [0.2, 0.25) is 12.3 Å². The fourth-order valence-corrected chi connectivity index (χ4v) is 3.08. The number of alkyl halides is 2. The number of allylic oxidation sites excluding steroid dienone is 3. The predicted octanol–water partition coefficient (Wildman–Crippen LogP) is 2.92. The minimum atomic E-state index is -2.88. The van der Waals surface area contributed by atoms with Gasteiger partial charge in [0, 0.05) is 31.3 Å². The Bertz CT molecular complexity index is 865. The lowest BCUT2D eigenvalue weighted by Crippen LogP contribution is -2.40. The van der Waals surface area contributed by atoms with Gasteiger partial charge < -0.3 is 15.1 Å². The van der Waals surface area contributed by atoms with E-state index in [2.05, 4.69) is 5.32 Å². The summed E-state index contributed by atoms with van der Waals surface area (Å²) in [6.07, 6.45) is 6.34. The lowest BCUT2D eigenvalue weighted by Gasteiger charge is -2.18. The van der Waals surface area contributed by atoms with Crippen molar-refractivity contribution >= 4 is 29.5 Å². The minimum absolute atomic E-state index is 0.0250. The SMILES string of the molecule is CC/C=C/C=C(/C(=O)NCC(=O)N1CCC(F)(F)C1)c1cc(N(C)C=O)ccc1C. The molecule has 1 aromatic carbocycles. The Hall–Kier alpha value is -3.03. The summed E-state index contributed by atoms with van der Waals surface area (Å²) in [6.45, 7) is 2.78. The first-order valence-electron chi connectivity index (χ1n) is 9.78. The minimum Gasteiger partial charge on any atom is -0.343 e. The number of nitrogens with zero attached hydrogens (tertiary/aromatic N) is 2. The normalized spacial score (nSPS) is 16.0. The zero-order valence-corrected chi connectivity index (χ0v) is 17.5. The van der Waals surface area contributed by atoms with Crippen molar-refractivity contribution in [1.29, 1.82) is 0 Å². The van der Waals surface area contributed by atoms with Crippen LogP contribution < -0.4 is 10.2 Å². The van der Waals surface area contributed by atoms with E-state index < -0.39 is 24.3 Å². The molecule has 0 bridgehead atoms. The number of hydrogen-bond acceptors (Lipinski definition) is 3. The van der Waals surface area contributed by atoms with Gasteiger partial charge in [0.25, 0.3) is 11.8 Å². The summed E-state index contributed by atoms with van der Waals surface area (Å²) in [5, 5.41) is 2.54. The number of benzene rings is 1. The summed E-state index contributed by atoms with van der Waals surface area (Å²) in [4.78, 5) is 38.6. The Labute approximate surface area is 175 Å². The van der Waals surface area contributed by atoms with E-state index in [-0.39, 0.29) is 19.5 Å². The van der Waals surface area contributed by atoms with Crippen molar-refractivity contribution in [2.75, 3.05) is 31.6 Å². The van der Waals surface area contributed by atoms with E-state index >= 15 is 0 Å². The second kappa shape index (κ2) is 10.1. The molecule has 1 saturated heterocycles. The fourth-order valence-electron chi connectivity index (χ4n) is 3.08. The molecule has 1 fully saturated rings. The molecule has 0 spiro atoms. The molecule has 0 saturated carbocycles. The standard InChI is InChI=1S/C22H27F2N3O3/c1-4-5-6-7-18(19-12-17(26(3)15-28)9-8-16(19)2)21(30)25-13-20(29)27-11-10-22(23,24)14-27/h5-9,12,15H,4,10-11,13-14H2,1-3H3,(H,25,30)/b6-5+,18-7+. The highest BCUT2D eigenvalue weighted by Crippen LogP contribution is 2.27. The van der Waals surface area contributed by atoms with Crippen molar-refractivity contribution in [2.45, 2.75) is 32.6 Å². The molecule has 30 heavy (non-hydrogen) atoms. The molecule has 0 unspecified atom stereocenters. The zero-order chi connectivity index (χ0) is 22.3. The van der Waals surface area contributed by atoms with Gasteiger partial charge in [-0.25, -0.2) is 8.78 Å². The first-order chi connectivity index (χ1) is 14.2. The number of likely N-dealkylation sites (tertiary alicyclic amines) is 1. The molecule has 162 valence electrons. The van der Waals surface area contributed by atoms with Crippen LogP contribution in [0, 0.1) is 6.92 Å². The molecule has 0 atom stereocenters. The van der Waals surface area contributed by atoms with Gasteiger partial charge in [-0.15, -0.1) is 0 Å². The zero-order valence-electron chi connectivity index (χ0n) is 17.5. The van der Waals surface area contributed by atoms with Crippen LogP contribution >= 0.6 is 0 Å². The predicted molar refractivity (Wildman–Crippen MR) is 112 cm³/mol. The summed E-state index contributed by atoms with van der Waals surface area (Å²) < 4.78 is 26.7. The van der Waals surface area contributed by atoms with Crippen molar-refractivity contribution in [3.05, 3.63) is 47.6 Å². The highest BCUT2D eigenvalue weighted by atomic mass is 19.3. The topological polar surface area (TPSA) is 69.7 Å². The Balaban J connectivity index is 2.22. The third-order valence-corrected chi connectivity index (χ3v) is 4.88. The quantitative estimate of drug-likeness (QED) is 0.400. The first-order valence-corrected chi connectivity index (χ1v) is 9.78. The van der Waals surface area contributed by atoms with Crippen molar-refractivity contribution in [3.8, 4) is 0 Å². The number of hydrogen-bond donors (Lipinski definition) is 1.